The fraction of sp³-hybridized carbons (Fsp3) is 0.321. The molecule has 2 saturated heterocycles. The number of hydrogen-bond acceptors (Lipinski definition) is 2. The van der Waals surface area contributed by atoms with Gasteiger partial charge in [0.15, 0.2) is 0 Å². The van der Waals surface area contributed by atoms with Gasteiger partial charge in [0.2, 0.25) is 0 Å². The van der Waals surface area contributed by atoms with Gasteiger partial charge in [0.05, 0.1) is 6.04 Å². The Balaban J connectivity index is 0.00000245. The van der Waals surface area contributed by atoms with E-state index in [-0.39, 0.29) is 18.4 Å². The SMILES string of the molecule is CC(=O)Oc1ccc(C[N+]23C(CC[C@H]2c2ccccc2)CC[C@H]3c2ccccc2)cc1.[Cl-]. The molecule has 3 aromatic carbocycles. The maximum atomic E-state index is 11.3. The number of quaternary nitrogens is 1. The molecule has 5 rings (SSSR count). The monoisotopic (exact) mass is 447 g/mol. The van der Waals surface area contributed by atoms with Crippen LogP contribution < -0.4 is 17.1 Å². The van der Waals surface area contributed by atoms with Gasteiger partial charge in [-0.05, 0) is 24.3 Å². The first-order chi connectivity index (χ1) is 15.2. The van der Waals surface area contributed by atoms with Gasteiger partial charge in [0, 0.05) is 49.3 Å². The van der Waals surface area contributed by atoms with E-state index < -0.39 is 0 Å². The van der Waals surface area contributed by atoms with E-state index in [1.165, 1.54) is 49.3 Å². The van der Waals surface area contributed by atoms with Gasteiger partial charge in [-0.3, -0.25) is 4.79 Å². The van der Waals surface area contributed by atoms with Gasteiger partial charge in [-0.15, -0.1) is 0 Å². The van der Waals surface area contributed by atoms with E-state index in [1.54, 1.807) is 0 Å². The van der Waals surface area contributed by atoms with Gasteiger partial charge in [-0.1, -0.05) is 60.7 Å². The van der Waals surface area contributed by atoms with E-state index in [9.17, 15) is 4.79 Å². The van der Waals surface area contributed by atoms with Crippen LogP contribution in [0.3, 0.4) is 0 Å². The number of rotatable bonds is 5. The highest BCUT2D eigenvalue weighted by molar-refractivity contribution is 5.69. The fourth-order valence-corrected chi connectivity index (χ4v) is 6.27. The fourth-order valence-electron chi connectivity index (χ4n) is 6.27. The number of ether oxygens (including phenoxy) is 1. The molecular formula is C28H30ClNO2. The lowest BCUT2D eigenvalue weighted by atomic mass is 9.95. The molecule has 0 spiro atoms. The number of esters is 1. The van der Waals surface area contributed by atoms with Crippen molar-refractivity contribution < 1.29 is 26.4 Å². The first-order valence-electron chi connectivity index (χ1n) is 11.4. The van der Waals surface area contributed by atoms with Crippen LogP contribution >= 0.6 is 0 Å². The van der Waals surface area contributed by atoms with E-state index in [0.717, 1.165) is 11.0 Å². The van der Waals surface area contributed by atoms with E-state index in [4.69, 9.17) is 4.74 Å². The molecule has 32 heavy (non-hydrogen) atoms. The average Bonchev–Trinajstić information content (AvgIpc) is 3.32. The lowest BCUT2D eigenvalue weighted by Gasteiger charge is -2.46. The van der Waals surface area contributed by atoms with Crippen LogP contribution in [0.25, 0.3) is 0 Å². The Morgan fingerprint density at radius 1 is 0.781 bits per heavy atom. The van der Waals surface area contributed by atoms with Gasteiger partial charge < -0.3 is 21.6 Å². The Kier molecular flexibility index (Phi) is 6.68. The largest absolute Gasteiger partial charge is 1.00 e. The lowest BCUT2D eigenvalue weighted by molar-refractivity contribution is -0.994. The number of nitrogens with zero attached hydrogens (tertiary/aromatic N) is 1. The molecule has 0 aromatic heterocycles. The maximum absolute atomic E-state index is 11.3. The molecule has 0 N–H and O–H groups in total. The van der Waals surface area contributed by atoms with Crippen molar-refractivity contribution in [2.24, 2.45) is 0 Å². The number of halogens is 1. The molecule has 2 heterocycles. The van der Waals surface area contributed by atoms with Crippen molar-refractivity contribution in [2.45, 2.75) is 57.3 Å². The van der Waals surface area contributed by atoms with Crippen molar-refractivity contribution in [3.8, 4) is 5.75 Å². The molecule has 0 unspecified atom stereocenters. The van der Waals surface area contributed by atoms with Gasteiger partial charge in [-0.25, -0.2) is 0 Å². The van der Waals surface area contributed by atoms with Gasteiger partial charge in [0.1, 0.15) is 24.4 Å². The zero-order chi connectivity index (χ0) is 21.3. The highest BCUT2D eigenvalue weighted by Crippen LogP contribution is 2.58. The second-order valence-electron chi connectivity index (χ2n) is 9.05. The number of carbonyl (C=O) groups excluding carboxylic acids is 1. The second-order valence-corrected chi connectivity index (χ2v) is 9.05. The quantitative estimate of drug-likeness (QED) is 0.340. The van der Waals surface area contributed by atoms with Gasteiger partial charge in [0.25, 0.3) is 0 Å². The molecule has 0 radical (unpaired) electrons. The van der Waals surface area contributed by atoms with E-state index in [1.807, 2.05) is 12.1 Å². The van der Waals surface area contributed by atoms with Crippen LogP contribution in [0, 0.1) is 0 Å². The third kappa shape index (κ3) is 4.07. The maximum Gasteiger partial charge on any atom is 0.308 e. The molecule has 4 heteroatoms. The first-order valence-corrected chi connectivity index (χ1v) is 11.4. The minimum atomic E-state index is -0.276. The molecule has 2 aliphatic rings. The van der Waals surface area contributed by atoms with E-state index >= 15 is 0 Å². The molecule has 2 atom stereocenters. The Morgan fingerprint density at radius 2 is 1.28 bits per heavy atom. The average molecular weight is 448 g/mol. The zero-order valence-corrected chi connectivity index (χ0v) is 19.2. The summed E-state index contributed by atoms with van der Waals surface area (Å²) in [6, 6.07) is 32.1. The normalized spacial score (nSPS) is 26.2. The second kappa shape index (κ2) is 9.48. The summed E-state index contributed by atoms with van der Waals surface area (Å²) in [5, 5.41) is 0. The summed E-state index contributed by atoms with van der Waals surface area (Å²) < 4.78 is 6.37. The molecule has 3 aromatic rings. The molecule has 166 valence electrons. The third-order valence-corrected chi connectivity index (χ3v) is 7.40. The zero-order valence-electron chi connectivity index (χ0n) is 18.5. The summed E-state index contributed by atoms with van der Waals surface area (Å²) in [5.74, 6) is 0.344. The molecule has 2 aliphatic heterocycles. The van der Waals surface area contributed by atoms with Crippen LogP contribution in [0.15, 0.2) is 84.9 Å². The Labute approximate surface area is 197 Å². The van der Waals surface area contributed by atoms with Crippen molar-refractivity contribution in [2.75, 3.05) is 0 Å². The van der Waals surface area contributed by atoms with Crippen LogP contribution in [0.4, 0.5) is 0 Å². The minimum Gasteiger partial charge on any atom is -1.00 e. The summed E-state index contributed by atoms with van der Waals surface area (Å²) in [7, 11) is 0. The molecule has 0 amide bonds. The van der Waals surface area contributed by atoms with Crippen molar-refractivity contribution in [3.05, 3.63) is 102 Å². The number of carbonyl (C=O) groups is 1. The molecule has 3 nitrogen and oxygen atoms in total. The molecule has 0 bridgehead atoms. The summed E-state index contributed by atoms with van der Waals surface area (Å²) in [5.41, 5.74) is 4.24. The predicted molar refractivity (Wildman–Crippen MR) is 122 cm³/mol. The van der Waals surface area contributed by atoms with Crippen LogP contribution in [0.2, 0.25) is 0 Å². The molecule has 0 saturated carbocycles. The first kappa shape index (κ1) is 22.6. The van der Waals surface area contributed by atoms with Gasteiger partial charge in [-0.2, -0.15) is 0 Å². The molecule has 0 aliphatic carbocycles. The van der Waals surface area contributed by atoms with Crippen molar-refractivity contribution in [3.63, 3.8) is 0 Å². The van der Waals surface area contributed by atoms with Crippen LogP contribution in [0.1, 0.15) is 61.4 Å². The Morgan fingerprint density at radius 3 is 1.75 bits per heavy atom. The topological polar surface area (TPSA) is 26.3 Å². The molecule has 2 fully saturated rings. The summed E-state index contributed by atoms with van der Waals surface area (Å²) >= 11 is 0. The number of benzene rings is 3. The highest BCUT2D eigenvalue weighted by Gasteiger charge is 2.58. The number of hydrogen-bond donors (Lipinski definition) is 0. The summed E-state index contributed by atoms with van der Waals surface area (Å²) in [6.45, 7) is 2.45. The minimum absolute atomic E-state index is 0. The number of fused-ring (bicyclic) bond motifs is 1. The predicted octanol–water partition coefficient (Wildman–Crippen LogP) is 3.37. The van der Waals surface area contributed by atoms with Crippen LogP contribution in [-0.2, 0) is 11.3 Å². The highest BCUT2D eigenvalue weighted by atomic mass is 35.5. The van der Waals surface area contributed by atoms with Crippen molar-refractivity contribution in [1.82, 2.24) is 0 Å². The summed E-state index contributed by atoms with van der Waals surface area (Å²) in [4.78, 5) is 11.3. The van der Waals surface area contributed by atoms with Crippen LogP contribution in [-0.4, -0.2) is 16.5 Å². The van der Waals surface area contributed by atoms with Crippen LogP contribution in [0.5, 0.6) is 5.75 Å². The molecular weight excluding hydrogens is 418 g/mol. The smallest absolute Gasteiger partial charge is 0.308 e. The standard InChI is InChI=1S/C28H30NO2.ClH/c1-21(30)31-26-16-12-22(13-17-26)20-29-25(14-18-27(29)23-8-4-2-5-9-23)15-19-28(29)24-10-6-3-7-11-24;/h2-13,16-17,25,27-28H,14-15,18-20H2,1H3;1H/q+1;/p-1/t25?,27-,28-,29?;/m0./s1. The van der Waals surface area contributed by atoms with E-state index in [2.05, 4.69) is 72.8 Å². The van der Waals surface area contributed by atoms with E-state index in [0.29, 0.717) is 23.9 Å². The van der Waals surface area contributed by atoms with Gasteiger partial charge >= 0.3 is 5.97 Å². The Bertz CT molecular complexity index is 985. The third-order valence-electron chi connectivity index (χ3n) is 7.40. The van der Waals surface area contributed by atoms with Crippen molar-refractivity contribution in [1.29, 1.82) is 0 Å². The Hall–Kier alpha value is -2.62. The van der Waals surface area contributed by atoms with Crippen molar-refractivity contribution >= 4 is 5.97 Å². The summed E-state index contributed by atoms with van der Waals surface area (Å²) in [6.07, 6.45) is 5.05. The lowest BCUT2D eigenvalue weighted by Crippen LogP contribution is -3.00.